The van der Waals surface area contributed by atoms with Crippen molar-refractivity contribution in [3.05, 3.63) is 74.4 Å². The van der Waals surface area contributed by atoms with Crippen LogP contribution in [0.1, 0.15) is 26.4 Å². The standard InChI is InChI=1S/C21H18ClF2NO3S/c1-12-3-5-16(7-13(12)2)27-10-14-8-19(29-11-14)20(26)25-15-4-6-18(17(22)9-15)28-21(23)24/h3-9,11,21H,10H2,1-2H3,(H,25,26). The molecule has 1 N–H and O–H groups in total. The van der Waals surface area contributed by atoms with E-state index in [2.05, 4.69) is 10.1 Å². The first kappa shape index (κ1) is 21.1. The van der Waals surface area contributed by atoms with Crippen molar-refractivity contribution in [2.75, 3.05) is 5.32 Å². The molecular weight excluding hydrogens is 420 g/mol. The fourth-order valence-electron chi connectivity index (χ4n) is 2.50. The number of ether oxygens (including phenoxy) is 2. The van der Waals surface area contributed by atoms with Crippen LogP contribution in [0.15, 0.2) is 47.8 Å². The molecule has 4 nitrogen and oxygen atoms in total. The number of halogens is 3. The molecule has 1 aromatic heterocycles. The van der Waals surface area contributed by atoms with E-state index in [-0.39, 0.29) is 16.7 Å². The Bertz CT molecular complexity index is 1020. The maximum absolute atomic E-state index is 12.4. The van der Waals surface area contributed by atoms with Gasteiger partial charge in [0.1, 0.15) is 18.1 Å². The van der Waals surface area contributed by atoms with E-state index in [0.717, 1.165) is 16.9 Å². The third-order valence-corrected chi connectivity index (χ3v) is 5.44. The number of carbonyl (C=O) groups excluding carboxylic acids is 1. The number of hydrogen-bond acceptors (Lipinski definition) is 4. The van der Waals surface area contributed by atoms with Gasteiger partial charge in [0.15, 0.2) is 0 Å². The normalized spacial score (nSPS) is 10.8. The van der Waals surface area contributed by atoms with E-state index in [1.807, 2.05) is 37.4 Å². The molecule has 0 aliphatic carbocycles. The molecule has 0 aliphatic rings. The Labute approximate surface area is 176 Å². The highest BCUT2D eigenvalue weighted by atomic mass is 35.5. The summed E-state index contributed by atoms with van der Waals surface area (Å²) in [5.41, 5.74) is 3.59. The van der Waals surface area contributed by atoms with E-state index in [9.17, 15) is 13.6 Å². The van der Waals surface area contributed by atoms with Gasteiger partial charge >= 0.3 is 6.61 Å². The largest absolute Gasteiger partial charge is 0.489 e. The highest BCUT2D eigenvalue weighted by Gasteiger charge is 2.13. The lowest BCUT2D eigenvalue weighted by Gasteiger charge is -2.09. The number of hydrogen-bond donors (Lipinski definition) is 1. The minimum absolute atomic E-state index is 0.0169. The zero-order valence-corrected chi connectivity index (χ0v) is 17.2. The molecule has 0 atom stereocenters. The SMILES string of the molecule is Cc1ccc(OCc2csc(C(=O)Nc3ccc(OC(F)F)c(Cl)c3)c2)cc1C. The summed E-state index contributed by atoms with van der Waals surface area (Å²) in [6, 6.07) is 11.7. The Morgan fingerprint density at radius 1 is 1.14 bits per heavy atom. The van der Waals surface area contributed by atoms with Gasteiger partial charge in [-0.15, -0.1) is 11.3 Å². The summed E-state index contributed by atoms with van der Waals surface area (Å²) >= 11 is 7.19. The van der Waals surface area contributed by atoms with Crippen LogP contribution in [0.5, 0.6) is 11.5 Å². The smallest absolute Gasteiger partial charge is 0.387 e. The van der Waals surface area contributed by atoms with Gasteiger partial charge in [-0.25, -0.2) is 0 Å². The van der Waals surface area contributed by atoms with E-state index < -0.39 is 6.61 Å². The van der Waals surface area contributed by atoms with Gasteiger partial charge in [0, 0.05) is 11.3 Å². The maximum Gasteiger partial charge on any atom is 0.387 e. The van der Waals surface area contributed by atoms with Crippen LogP contribution in [0.25, 0.3) is 0 Å². The minimum atomic E-state index is -2.97. The highest BCUT2D eigenvalue weighted by Crippen LogP contribution is 2.29. The Morgan fingerprint density at radius 3 is 2.62 bits per heavy atom. The molecule has 29 heavy (non-hydrogen) atoms. The van der Waals surface area contributed by atoms with Gasteiger partial charge in [0.05, 0.1) is 9.90 Å². The molecule has 152 valence electrons. The van der Waals surface area contributed by atoms with Crippen molar-refractivity contribution in [2.24, 2.45) is 0 Å². The molecular formula is C21H18ClF2NO3S. The van der Waals surface area contributed by atoms with Crippen molar-refractivity contribution in [2.45, 2.75) is 27.1 Å². The topological polar surface area (TPSA) is 47.6 Å². The van der Waals surface area contributed by atoms with Gasteiger partial charge in [-0.1, -0.05) is 17.7 Å². The molecule has 2 aromatic carbocycles. The molecule has 0 aliphatic heterocycles. The molecule has 0 unspecified atom stereocenters. The first-order chi connectivity index (χ1) is 13.8. The lowest BCUT2D eigenvalue weighted by Crippen LogP contribution is -2.10. The van der Waals surface area contributed by atoms with E-state index >= 15 is 0 Å². The number of carbonyl (C=O) groups is 1. The highest BCUT2D eigenvalue weighted by molar-refractivity contribution is 7.12. The third-order valence-electron chi connectivity index (χ3n) is 4.17. The summed E-state index contributed by atoms with van der Waals surface area (Å²) in [6.07, 6.45) is 0. The lowest BCUT2D eigenvalue weighted by atomic mass is 10.1. The van der Waals surface area contributed by atoms with Crippen molar-refractivity contribution in [3.8, 4) is 11.5 Å². The summed E-state index contributed by atoms with van der Waals surface area (Å²) < 4.78 is 34.6. The molecule has 8 heteroatoms. The predicted octanol–water partition coefficient (Wildman–Crippen LogP) is 6.45. The first-order valence-electron chi connectivity index (χ1n) is 8.65. The number of nitrogens with one attached hydrogen (secondary N) is 1. The molecule has 0 radical (unpaired) electrons. The Kier molecular flexibility index (Phi) is 6.71. The summed E-state index contributed by atoms with van der Waals surface area (Å²) in [5.74, 6) is 0.290. The Balaban J connectivity index is 1.60. The predicted molar refractivity (Wildman–Crippen MR) is 111 cm³/mol. The van der Waals surface area contributed by atoms with Crippen LogP contribution in [-0.2, 0) is 6.61 Å². The van der Waals surface area contributed by atoms with Gasteiger partial charge in [0.2, 0.25) is 0 Å². The fraction of sp³-hybridized carbons (Fsp3) is 0.190. The van der Waals surface area contributed by atoms with Crippen LogP contribution in [0.4, 0.5) is 14.5 Å². The van der Waals surface area contributed by atoms with E-state index in [4.69, 9.17) is 16.3 Å². The second-order valence-corrected chi connectivity index (χ2v) is 7.65. The van der Waals surface area contributed by atoms with Gasteiger partial charge in [0.25, 0.3) is 5.91 Å². The van der Waals surface area contributed by atoms with Crippen molar-refractivity contribution in [3.63, 3.8) is 0 Å². The van der Waals surface area contributed by atoms with Crippen molar-refractivity contribution >= 4 is 34.5 Å². The maximum atomic E-state index is 12.4. The van der Waals surface area contributed by atoms with Crippen LogP contribution in [0.2, 0.25) is 5.02 Å². The van der Waals surface area contributed by atoms with E-state index in [1.54, 1.807) is 6.07 Å². The Morgan fingerprint density at radius 2 is 1.93 bits per heavy atom. The van der Waals surface area contributed by atoms with E-state index in [0.29, 0.717) is 17.2 Å². The summed E-state index contributed by atoms with van der Waals surface area (Å²) in [7, 11) is 0. The molecule has 0 fully saturated rings. The second-order valence-electron chi connectivity index (χ2n) is 6.33. The summed E-state index contributed by atoms with van der Waals surface area (Å²) in [5, 5.41) is 4.52. The van der Waals surface area contributed by atoms with E-state index in [1.165, 1.54) is 35.1 Å². The van der Waals surface area contributed by atoms with Crippen LogP contribution in [-0.4, -0.2) is 12.5 Å². The van der Waals surface area contributed by atoms with Gasteiger partial charge in [-0.3, -0.25) is 4.79 Å². The molecule has 1 amide bonds. The van der Waals surface area contributed by atoms with Gasteiger partial charge < -0.3 is 14.8 Å². The molecule has 0 saturated heterocycles. The molecule has 1 heterocycles. The van der Waals surface area contributed by atoms with Crippen LogP contribution >= 0.6 is 22.9 Å². The lowest BCUT2D eigenvalue weighted by molar-refractivity contribution is -0.0497. The number of thiophene rings is 1. The zero-order chi connectivity index (χ0) is 21.0. The third kappa shape index (κ3) is 5.68. The van der Waals surface area contributed by atoms with Crippen LogP contribution in [0, 0.1) is 13.8 Å². The van der Waals surface area contributed by atoms with Crippen LogP contribution < -0.4 is 14.8 Å². The summed E-state index contributed by atoms with van der Waals surface area (Å²) in [4.78, 5) is 12.9. The van der Waals surface area contributed by atoms with Crippen molar-refractivity contribution in [1.82, 2.24) is 0 Å². The molecule has 0 bridgehead atoms. The van der Waals surface area contributed by atoms with Crippen LogP contribution in [0.3, 0.4) is 0 Å². The molecule has 0 spiro atoms. The summed E-state index contributed by atoms with van der Waals surface area (Å²) in [6.45, 7) is 1.43. The first-order valence-corrected chi connectivity index (χ1v) is 9.91. The zero-order valence-electron chi connectivity index (χ0n) is 15.7. The fourth-order valence-corrected chi connectivity index (χ4v) is 3.52. The number of rotatable bonds is 7. The van der Waals surface area contributed by atoms with Gasteiger partial charge in [-0.2, -0.15) is 8.78 Å². The number of benzene rings is 2. The minimum Gasteiger partial charge on any atom is -0.489 e. The molecule has 3 aromatic rings. The Hall–Kier alpha value is -2.64. The average molecular weight is 438 g/mol. The van der Waals surface area contributed by atoms with Crippen molar-refractivity contribution in [1.29, 1.82) is 0 Å². The molecule has 3 rings (SSSR count). The number of alkyl halides is 2. The average Bonchev–Trinajstić information content (AvgIpc) is 3.14. The number of anilines is 1. The molecule has 0 saturated carbocycles. The quantitative estimate of drug-likeness (QED) is 0.462. The second kappa shape index (κ2) is 9.24. The van der Waals surface area contributed by atoms with Crippen molar-refractivity contribution < 1.29 is 23.0 Å². The monoisotopic (exact) mass is 437 g/mol. The van der Waals surface area contributed by atoms with Gasteiger partial charge in [-0.05, 0) is 66.8 Å². The number of aryl methyl sites for hydroxylation is 2. The number of amides is 1.